The summed E-state index contributed by atoms with van der Waals surface area (Å²) in [4.78, 5) is 14.1. The third kappa shape index (κ3) is 3.47. The molecule has 1 aromatic rings. The second-order valence-corrected chi connectivity index (χ2v) is 5.10. The summed E-state index contributed by atoms with van der Waals surface area (Å²) in [6.45, 7) is 0.991. The number of aliphatic hydroxyl groups excluding tert-OH is 1. The number of nitrogens with zero attached hydrogens (tertiary/aromatic N) is 1. The Morgan fingerprint density at radius 2 is 2.16 bits per heavy atom. The maximum Gasteiger partial charge on any atom is 0.245 e. The zero-order valence-electron chi connectivity index (χ0n) is 11.4. The quantitative estimate of drug-likeness (QED) is 0.766. The van der Waals surface area contributed by atoms with Gasteiger partial charge in [0.25, 0.3) is 0 Å². The van der Waals surface area contributed by atoms with Gasteiger partial charge in [-0.25, -0.2) is 0 Å². The van der Waals surface area contributed by atoms with E-state index in [0.717, 1.165) is 37.9 Å². The summed E-state index contributed by atoms with van der Waals surface area (Å²) in [6, 6.07) is 7.95. The van der Waals surface area contributed by atoms with Crippen LogP contribution in [-0.4, -0.2) is 42.2 Å². The van der Waals surface area contributed by atoms with Crippen LogP contribution >= 0.6 is 0 Å². The maximum absolute atomic E-state index is 12.3. The summed E-state index contributed by atoms with van der Waals surface area (Å²) in [5, 5.41) is 12.0. The molecule has 0 saturated carbocycles. The first-order chi connectivity index (χ1) is 9.22. The summed E-state index contributed by atoms with van der Waals surface area (Å²) in [7, 11) is 1.85. The summed E-state index contributed by atoms with van der Waals surface area (Å²) in [6.07, 6.45) is 3.50. The molecule has 0 spiro atoms. The average molecular weight is 262 g/mol. The molecule has 2 rings (SSSR count). The van der Waals surface area contributed by atoms with E-state index in [1.54, 1.807) is 4.90 Å². The Kier molecular flexibility index (Phi) is 4.80. The van der Waals surface area contributed by atoms with Crippen molar-refractivity contribution in [1.82, 2.24) is 4.90 Å². The lowest BCUT2D eigenvalue weighted by Crippen LogP contribution is -2.40. The largest absolute Gasteiger partial charge is 0.396 e. The van der Waals surface area contributed by atoms with Gasteiger partial charge in [-0.1, -0.05) is 18.2 Å². The highest BCUT2D eigenvalue weighted by Crippen LogP contribution is 2.25. The highest BCUT2D eigenvalue weighted by atomic mass is 16.2. The second-order valence-electron chi connectivity index (χ2n) is 5.10. The number of fused-ring (bicyclic) bond motifs is 1. The van der Waals surface area contributed by atoms with Crippen LogP contribution in [0.3, 0.4) is 0 Å². The van der Waals surface area contributed by atoms with Crippen molar-refractivity contribution >= 4 is 11.6 Å². The molecule has 104 valence electrons. The minimum absolute atomic E-state index is 0.125. The van der Waals surface area contributed by atoms with Gasteiger partial charge in [0, 0.05) is 32.3 Å². The summed E-state index contributed by atoms with van der Waals surface area (Å²) >= 11 is 0. The molecular weight excluding hydrogens is 240 g/mol. The lowest BCUT2D eigenvalue weighted by atomic mass is 10.1. The van der Waals surface area contributed by atoms with Crippen LogP contribution in [0.1, 0.15) is 24.8 Å². The third-order valence-electron chi connectivity index (χ3n) is 3.60. The van der Waals surface area contributed by atoms with Crippen molar-refractivity contribution in [2.45, 2.75) is 31.7 Å². The fraction of sp³-hybridized carbons (Fsp3) is 0.533. The van der Waals surface area contributed by atoms with E-state index in [2.05, 4.69) is 11.4 Å². The number of para-hydroxylation sites is 1. The minimum atomic E-state index is -0.125. The molecule has 4 heteroatoms. The Labute approximate surface area is 114 Å². The van der Waals surface area contributed by atoms with Crippen molar-refractivity contribution in [1.29, 1.82) is 0 Å². The lowest BCUT2D eigenvalue weighted by Gasteiger charge is -2.21. The number of hydrogen-bond donors (Lipinski definition) is 2. The van der Waals surface area contributed by atoms with E-state index in [4.69, 9.17) is 5.11 Å². The van der Waals surface area contributed by atoms with Crippen molar-refractivity contribution in [2.24, 2.45) is 0 Å². The monoisotopic (exact) mass is 262 g/mol. The Bertz CT molecular complexity index is 409. The van der Waals surface area contributed by atoms with Crippen LogP contribution in [0, 0.1) is 0 Å². The van der Waals surface area contributed by atoms with Crippen molar-refractivity contribution in [3.05, 3.63) is 29.8 Å². The molecule has 0 saturated heterocycles. The Morgan fingerprint density at radius 1 is 1.37 bits per heavy atom. The van der Waals surface area contributed by atoms with Crippen molar-refractivity contribution in [2.75, 3.05) is 25.5 Å². The number of aliphatic hydroxyl groups is 1. The molecular formula is C15H22N2O2. The Morgan fingerprint density at radius 3 is 2.89 bits per heavy atom. The summed E-state index contributed by atoms with van der Waals surface area (Å²) in [5.41, 5.74) is 2.30. The number of likely N-dealkylation sites (N-methyl/N-ethyl adjacent to an activating group) is 1. The smallest absolute Gasteiger partial charge is 0.245 e. The first kappa shape index (κ1) is 13.9. The summed E-state index contributed by atoms with van der Waals surface area (Å²) in [5.74, 6) is 0.153. The van der Waals surface area contributed by atoms with Crippen LogP contribution in [0.25, 0.3) is 0 Å². The fourth-order valence-electron chi connectivity index (χ4n) is 2.46. The van der Waals surface area contributed by atoms with Gasteiger partial charge in [0.1, 0.15) is 6.04 Å². The van der Waals surface area contributed by atoms with E-state index in [-0.39, 0.29) is 18.6 Å². The van der Waals surface area contributed by atoms with Gasteiger partial charge in [-0.3, -0.25) is 4.79 Å². The number of carbonyl (C=O) groups is 1. The molecule has 1 unspecified atom stereocenters. The molecule has 0 radical (unpaired) electrons. The molecule has 1 aromatic carbocycles. The molecule has 4 nitrogen and oxygen atoms in total. The van der Waals surface area contributed by atoms with Crippen LogP contribution in [0.15, 0.2) is 24.3 Å². The van der Waals surface area contributed by atoms with Crippen LogP contribution in [-0.2, 0) is 11.2 Å². The number of amides is 1. The van der Waals surface area contributed by atoms with Crippen LogP contribution in [0.4, 0.5) is 5.69 Å². The molecule has 1 aliphatic rings. The van der Waals surface area contributed by atoms with Gasteiger partial charge < -0.3 is 15.3 Å². The van der Waals surface area contributed by atoms with Gasteiger partial charge in [0.15, 0.2) is 0 Å². The molecule has 1 aliphatic heterocycles. The highest BCUT2D eigenvalue weighted by Gasteiger charge is 2.28. The van der Waals surface area contributed by atoms with Gasteiger partial charge in [-0.05, 0) is 30.9 Å². The van der Waals surface area contributed by atoms with Gasteiger partial charge in [0.2, 0.25) is 5.91 Å². The number of rotatable bonds is 6. The third-order valence-corrected chi connectivity index (χ3v) is 3.60. The van der Waals surface area contributed by atoms with Gasteiger partial charge in [-0.15, -0.1) is 0 Å². The number of benzene rings is 1. The van der Waals surface area contributed by atoms with Crippen molar-refractivity contribution < 1.29 is 9.90 Å². The zero-order valence-corrected chi connectivity index (χ0v) is 11.4. The number of hydrogen-bond acceptors (Lipinski definition) is 3. The van der Waals surface area contributed by atoms with Gasteiger partial charge >= 0.3 is 0 Å². The van der Waals surface area contributed by atoms with Crippen molar-refractivity contribution in [3.63, 3.8) is 0 Å². The SMILES string of the molecule is CN(CCCCCO)C(=O)C1Cc2ccccc2N1. The van der Waals surface area contributed by atoms with E-state index >= 15 is 0 Å². The predicted molar refractivity (Wildman–Crippen MR) is 76.1 cm³/mol. The van der Waals surface area contributed by atoms with Crippen LogP contribution < -0.4 is 5.32 Å². The number of nitrogens with one attached hydrogen (secondary N) is 1. The van der Waals surface area contributed by atoms with E-state index in [0.29, 0.717) is 0 Å². The Hall–Kier alpha value is -1.55. The molecule has 1 amide bonds. The van der Waals surface area contributed by atoms with Gasteiger partial charge in [-0.2, -0.15) is 0 Å². The van der Waals surface area contributed by atoms with Crippen LogP contribution in [0.5, 0.6) is 0 Å². The van der Waals surface area contributed by atoms with E-state index in [1.807, 2.05) is 25.2 Å². The molecule has 0 bridgehead atoms. The normalized spacial score (nSPS) is 16.8. The highest BCUT2D eigenvalue weighted by molar-refractivity contribution is 5.87. The van der Waals surface area contributed by atoms with Crippen molar-refractivity contribution in [3.8, 4) is 0 Å². The number of unbranched alkanes of at least 4 members (excludes halogenated alkanes) is 2. The fourth-order valence-corrected chi connectivity index (χ4v) is 2.46. The predicted octanol–water partition coefficient (Wildman–Crippen LogP) is 1.64. The first-order valence-corrected chi connectivity index (χ1v) is 6.92. The maximum atomic E-state index is 12.3. The Balaban J connectivity index is 1.81. The van der Waals surface area contributed by atoms with Gasteiger partial charge in [0.05, 0.1) is 0 Å². The zero-order chi connectivity index (χ0) is 13.7. The first-order valence-electron chi connectivity index (χ1n) is 6.92. The molecule has 2 N–H and O–H groups in total. The van der Waals surface area contributed by atoms with Crippen LogP contribution in [0.2, 0.25) is 0 Å². The standard InChI is InChI=1S/C15H22N2O2/c1-17(9-5-2-6-10-18)15(19)14-11-12-7-3-4-8-13(12)16-14/h3-4,7-8,14,16,18H,2,5-6,9-11H2,1H3. The second kappa shape index (κ2) is 6.57. The number of anilines is 1. The molecule has 0 aromatic heterocycles. The minimum Gasteiger partial charge on any atom is -0.396 e. The summed E-state index contributed by atoms with van der Waals surface area (Å²) < 4.78 is 0. The molecule has 1 atom stereocenters. The molecule has 0 aliphatic carbocycles. The molecule has 1 heterocycles. The molecule has 19 heavy (non-hydrogen) atoms. The average Bonchev–Trinajstić information content (AvgIpc) is 2.86. The van der Waals surface area contributed by atoms with E-state index < -0.39 is 0 Å². The van der Waals surface area contributed by atoms with E-state index in [1.165, 1.54) is 5.56 Å². The number of carbonyl (C=O) groups excluding carboxylic acids is 1. The van der Waals surface area contributed by atoms with E-state index in [9.17, 15) is 4.79 Å². The topological polar surface area (TPSA) is 52.6 Å². The lowest BCUT2D eigenvalue weighted by molar-refractivity contribution is -0.130. The molecule has 0 fully saturated rings.